The highest BCUT2D eigenvalue weighted by atomic mass is 16.2. The van der Waals surface area contributed by atoms with Gasteiger partial charge in [0.1, 0.15) is 0 Å². The van der Waals surface area contributed by atoms with Crippen LogP contribution in [0.3, 0.4) is 0 Å². The fourth-order valence-electron chi connectivity index (χ4n) is 3.59. The predicted molar refractivity (Wildman–Crippen MR) is 71.5 cm³/mol. The van der Waals surface area contributed by atoms with E-state index in [1.165, 1.54) is 6.42 Å². The van der Waals surface area contributed by atoms with Crippen LogP contribution < -0.4 is 10.6 Å². The molecule has 0 spiro atoms. The summed E-state index contributed by atoms with van der Waals surface area (Å²) in [4.78, 5) is 25.9. The molecule has 3 aliphatic heterocycles. The predicted octanol–water partition coefficient (Wildman–Crippen LogP) is 0.256. The Morgan fingerprint density at radius 3 is 2.89 bits per heavy atom. The molecule has 0 bridgehead atoms. The number of amides is 2. The lowest BCUT2D eigenvalue weighted by Crippen LogP contribution is -2.58. The van der Waals surface area contributed by atoms with E-state index in [9.17, 15) is 9.59 Å². The molecule has 2 amide bonds. The molecular formula is C14H23N3O2. The Morgan fingerprint density at radius 2 is 2.11 bits per heavy atom. The standard InChI is InChI=1S/C14H23N3O2/c18-13-5-4-10-9-17(8-6-11(10)16-13)14(19)12-3-1-2-7-15-12/h10-12,15H,1-9H2,(H,16,18)/t10?,11?,12-/m0/s1. The van der Waals surface area contributed by atoms with Gasteiger partial charge in [0.15, 0.2) is 0 Å². The Morgan fingerprint density at radius 1 is 1.21 bits per heavy atom. The summed E-state index contributed by atoms with van der Waals surface area (Å²) < 4.78 is 0. The zero-order chi connectivity index (χ0) is 13.2. The lowest BCUT2D eigenvalue weighted by atomic mass is 9.85. The van der Waals surface area contributed by atoms with Crippen molar-refractivity contribution in [3.8, 4) is 0 Å². The maximum Gasteiger partial charge on any atom is 0.239 e. The van der Waals surface area contributed by atoms with E-state index in [-0.39, 0.29) is 17.9 Å². The van der Waals surface area contributed by atoms with Gasteiger partial charge < -0.3 is 15.5 Å². The van der Waals surface area contributed by atoms with Crippen LogP contribution in [-0.2, 0) is 9.59 Å². The van der Waals surface area contributed by atoms with Crippen LogP contribution in [0.2, 0.25) is 0 Å². The number of carbonyl (C=O) groups excluding carboxylic acids is 2. The molecule has 3 fully saturated rings. The summed E-state index contributed by atoms with van der Waals surface area (Å²) in [6.07, 6.45) is 5.76. The molecule has 0 saturated carbocycles. The van der Waals surface area contributed by atoms with E-state index < -0.39 is 0 Å². The van der Waals surface area contributed by atoms with Crippen LogP contribution in [0.5, 0.6) is 0 Å². The van der Waals surface area contributed by atoms with Gasteiger partial charge >= 0.3 is 0 Å². The minimum Gasteiger partial charge on any atom is -0.353 e. The highest BCUT2D eigenvalue weighted by Gasteiger charge is 2.37. The van der Waals surface area contributed by atoms with E-state index >= 15 is 0 Å². The van der Waals surface area contributed by atoms with Crippen molar-refractivity contribution >= 4 is 11.8 Å². The van der Waals surface area contributed by atoms with E-state index in [4.69, 9.17) is 0 Å². The lowest BCUT2D eigenvalue weighted by Gasteiger charge is -2.42. The number of carbonyl (C=O) groups is 2. The van der Waals surface area contributed by atoms with Crippen molar-refractivity contribution in [2.75, 3.05) is 19.6 Å². The van der Waals surface area contributed by atoms with Gasteiger partial charge in [0.2, 0.25) is 11.8 Å². The number of nitrogens with zero attached hydrogens (tertiary/aromatic N) is 1. The highest BCUT2D eigenvalue weighted by Crippen LogP contribution is 2.26. The van der Waals surface area contributed by atoms with Crippen LogP contribution >= 0.6 is 0 Å². The average molecular weight is 265 g/mol. The van der Waals surface area contributed by atoms with Gasteiger partial charge in [-0.3, -0.25) is 9.59 Å². The van der Waals surface area contributed by atoms with Crippen LogP contribution in [0.25, 0.3) is 0 Å². The van der Waals surface area contributed by atoms with Crippen molar-refractivity contribution in [2.24, 2.45) is 5.92 Å². The third kappa shape index (κ3) is 2.76. The summed E-state index contributed by atoms with van der Waals surface area (Å²) in [5, 5.41) is 6.40. The number of likely N-dealkylation sites (tertiary alicyclic amines) is 1. The van der Waals surface area contributed by atoms with Crippen LogP contribution in [-0.4, -0.2) is 48.4 Å². The summed E-state index contributed by atoms with van der Waals surface area (Å²) in [5.41, 5.74) is 0. The van der Waals surface area contributed by atoms with Crippen LogP contribution in [0.15, 0.2) is 0 Å². The molecule has 3 rings (SSSR count). The first-order chi connectivity index (χ1) is 9.24. The third-order valence-corrected chi connectivity index (χ3v) is 4.74. The zero-order valence-corrected chi connectivity index (χ0v) is 11.4. The first kappa shape index (κ1) is 12.9. The SMILES string of the molecule is O=C1CCC2CN(C(=O)[C@@H]3CCCCN3)CCC2N1. The Bertz CT molecular complexity index is 366. The molecule has 3 saturated heterocycles. The fraction of sp³-hybridized carbons (Fsp3) is 0.857. The second-order valence-electron chi connectivity index (χ2n) is 6.05. The van der Waals surface area contributed by atoms with Crippen LogP contribution in [0.1, 0.15) is 38.5 Å². The van der Waals surface area contributed by atoms with Gasteiger partial charge in [0.05, 0.1) is 6.04 Å². The van der Waals surface area contributed by atoms with Gasteiger partial charge in [0, 0.05) is 25.6 Å². The summed E-state index contributed by atoms with van der Waals surface area (Å²) >= 11 is 0. The van der Waals surface area contributed by atoms with Gasteiger partial charge in [-0.25, -0.2) is 0 Å². The van der Waals surface area contributed by atoms with E-state index in [1.807, 2.05) is 4.90 Å². The number of nitrogens with one attached hydrogen (secondary N) is 2. The molecule has 5 nitrogen and oxygen atoms in total. The fourth-order valence-corrected chi connectivity index (χ4v) is 3.59. The number of rotatable bonds is 1. The molecule has 3 heterocycles. The molecule has 3 atom stereocenters. The maximum absolute atomic E-state index is 12.5. The average Bonchev–Trinajstić information content (AvgIpc) is 2.47. The minimum atomic E-state index is 0.0310. The van der Waals surface area contributed by atoms with Crippen molar-refractivity contribution in [3.05, 3.63) is 0 Å². The van der Waals surface area contributed by atoms with E-state index in [1.54, 1.807) is 0 Å². The Labute approximate surface area is 114 Å². The van der Waals surface area contributed by atoms with Crippen LogP contribution in [0, 0.1) is 5.92 Å². The second kappa shape index (κ2) is 5.49. The Balaban J connectivity index is 1.58. The largest absolute Gasteiger partial charge is 0.353 e. The van der Waals surface area contributed by atoms with Crippen molar-refractivity contribution < 1.29 is 9.59 Å². The lowest BCUT2D eigenvalue weighted by molar-refractivity contribution is -0.137. The van der Waals surface area contributed by atoms with Crippen LogP contribution in [0.4, 0.5) is 0 Å². The van der Waals surface area contributed by atoms with E-state index in [0.717, 1.165) is 45.3 Å². The maximum atomic E-state index is 12.5. The third-order valence-electron chi connectivity index (χ3n) is 4.74. The summed E-state index contributed by atoms with van der Waals surface area (Å²) in [5.74, 6) is 0.906. The number of piperidine rings is 3. The molecule has 2 unspecified atom stereocenters. The van der Waals surface area contributed by atoms with Crippen molar-refractivity contribution in [1.29, 1.82) is 0 Å². The smallest absolute Gasteiger partial charge is 0.239 e. The van der Waals surface area contributed by atoms with Crippen molar-refractivity contribution in [2.45, 2.75) is 50.6 Å². The van der Waals surface area contributed by atoms with Crippen molar-refractivity contribution in [3.63, 3.8) is 0 Å². The molecule has 0 aromatic rings. The van der Waals surface area contributed by atoms with Gasteiger partial charge in [-0.2, -0.15) is 0 Å². The number of hydrogen-bond acceptors (Lipinski definition) is 3. The molecule has 106 valence electrons. The van der Waals surface area contributed by atoms with Gasteiger partial charge in [-0.15, -0.1) is 0 Å². The van der Waals surface area contributed by atoms with Crippen molar-refractivity contribution in [1.82, 2.24) is 15.5 Å². The molecule has 0 aromatic carbocycles. The van der Waals surface area contributed by atoms with Gasteiger partial charge in [-0.1, -0.05) is 6.42 Å². The van der Waals surface area contributed by atoms with Gasteiger partial charge in [0.25, 0.3) is 0 Å². The number of fused-ring (bicyclic) bond motifs is 1. The molecule has 0 aliphatic carbocycles. The summed E-state index contributed by atoms with van der Waals surface area (Å²) in [6, 6.07) is 0.327. The molecule has 0 radical (unpaired) electrons. The monoisotopic (exact) mass is 265 g/mol. The minimum absolute atomic E-state index is 0.0310. The Hall–Kier alpha value is -1.10. The zero-order valence-electron chi connectivity index (χ0n) is 11.4. The molecule has 3 aliphatic rings. The summed E-state index contributed by atoms with van der Waals surface area (Å²) in [6.45, 7) is 2.58. The second-order valence-corrected chi connectivity index (χ2v) is 6.05. The first-order valence-electron chi connectivity index (χ1n) is 7.55. The summed E-state index contributed by atoms with van der Waals surface area (Å²) in [7, 11) is 0. The van der Waals surface area contributed by atoms with E-state index in [2.05, 4.69) is 10.6 Å². The topological polar surface area (TPSA) is 61.4 Å². The first-order valence-corrected chi connectivity index (χ1v) is 7.55. The highest BCUT2D eigenvalue weighted by molar-refractivity contribution is 5.82. The molecule has 5 heteroatoms. The van der Waals surface area contributed by atoms with E-state index in [0.29, 0.717) is 18.4 Å². The molecule has 2 N–H and O–H groups in total. The molecule has 19 heavy (non-hydrogen) atoms. The van der Waals surface area contributed by atoms with Gasteiger partial charge in [-0.05, 0) is 38.1 Å². The molecule has 0 aromatic heterocycles. The number of hydrogen-bond donors (Lipinski definition) is 2. The normalized spacial score (nSPS) is 35.5. The molecular weight excluding hydrogens is 242 g/mol. The quantitative estimate of drug-likeness (QED) is 0.715. The Kier molecular flexibility index (Phi) is 3.73.